The number of ether oxygens (including phenoxy) is 1. The van der Waals surface area contributed by atoms with Crippen LogP contribution in [0.3, 0.4) is 0 Å². The Morgan fingerprint density at radius 3 is 2.41 bits per heavy atom. The van der Waals surface area contributed by atoms with Crippen molar-refractivity contribution in [3.63, 3.8) is 0 Å². The molecule has 0 fully saturated rings. The fourth-order valence-electron chi connectivity index (χ4n) is 2.26. The number of halogens is 1. The van der Waals surface area contributed by atoms with Gasteiger partial charge in [-0.15, -0.1) is 10.2 Å². The van der Waals surface area contributed by atoms with E-state index in [1.165, 1.54) is 11.8 Å². The van der Waals surface area contributed by atoms with Crippen molar-refractivity contribution in [2.45, 2.75) is 25.0 Å². The summed E-state index contributed by atoms with van der Waals surface area (Å²) in [6.07, 6.45) is 1.68. The van der Waals surface area contributed by atoms with Gasteiger partial charge >= 0.3 is 0 Å². The zero-order valence-corrected chi connectivity index (χ0v) is 17.3. The van der Waals surface area contributed by atoms with Crippen molar-refractivity contribution in [2.75, 3.05) is 11.1 Å². The van der Waals surface area contributed by atoms with Crippen molar-refractivity contribution in [2.24, 2.45) is 0 Å². The second-order valence-corrected chi connectivity index (χ2v) is 7.89. The highest BCUT2D eigenvalue weighted by molar-refractivity contribution is 9.10. The number of hydrogen-bond donors (Lipinski definition) is 1. The zero-order chi connectivity index (χ0) is 19.2. The van der Waals surface area contributed by atoms with E-state index < -0.39 is 0 Å². The molecule has 1 heterocycles. The number of nitrogens with one attached hydrogen (secondary N) is 1. The number of hydrogen-bond acceptors (Lipinski definition) is 5. The van der Waals surface area contributed by atoms with E-state index in [1.807, 2.05) is 66.9 Å². The Morgan fingerprint density at radius 2 is 1.78 bits per heavy atom. The first kappa shape index (κ1) is 19.4. The highest BCUT2D eigenvalue weighted by Crippen LogP contribution is 2.25. The summed E-state index contributed by atoms with van der Waals surface area (Å²) in [5.41, 5.74) is 0.717. The summed E-state index contributed by atoms with van der Waals surface area (Å²) in [7, 11) is 0. The Labute approximate surface area is 170 Å². The summed E-state index contributed by atoms with van der Waals surface area (Å²) >= 11 is 4.76. The molecule has 0 saturated heterocycles. The van der Waals surface area contributed by atoms with Gasteiger partial charge in [-0.25, -0.2) is 0 Å². The van der Waals surface area contributed by atoms with Crippen LogP contribution in [0.1, 0.15) is 19.9 Å². The second kappa shape index (κ2) is 9.05. The van der Waals surface area contributed by atoms with Crippen LogP contribution in [0.2, 0.25) is 0 Å². The topological polar surface area (TPSA) is 69.0 Å². The Kier molecular flexibility index (Phi) is 6.52. The van der Waals surface area contributed by atoms with E-state index in [0.717, 1.165) is 15.4 Å². The molecule has 3 rings (SSSR count). The Morgan fingerprint density at radius 1 is 1.15 bits per heavy atom. The van der Waals surface area contributed by atoms with Gasteiger partial charge in [-0.1, -0.05) is 27.7 Å². The van der Waals surface area contributed by atoms with E-state index in [-0.39, 0.29) is 17.7 Å². The molecule has 3 aromatic rings. The molecule has 2 aromatic carbocycles. The summed E-state index contributed by atoms with van der Waals surface area (Å²) in [6.45, 7) is 4.09. The first-order valence-corrected chi connectivity index (χ1v) is 10.1. The van der Waals surface area contributed by atoms with Crippen LogP contribution in [0, 0.1) is 0 Å². The molecule has 0 radical (unpaired) electrons. The molecule has 0 aliphatic rings. The number of thioether (sulfide) groups is 1. The fourth-order valence-corrected chi connectivity index (χ4v) is 3.37. The molecule has 140 valence electrons. The van der Waals surface area contributed by atoms with Crippen molar-refractivity contribution in [1.82, 2.24) is 14.8 Å². The first-order valence-electron chi connectivity index (χ1n) is 8.37. The molecule has 0 saturated carbocycles. The normalized spacial score (nSPS) is 10.8. The van der Waals surface area contributed by atoms with Gasteiger partial charge in [0.05, 0.1) is 5.75 Å². The second-order valence-electron chi connectivity index (χ2n) is 6.03. The molecule has 0 aliphatic heterocycles. The predicted octanol–water partition coefficient (Wildman–Crippen LogP) is 5.14. The molecule has 1 N–H and O–H groups in total. The van der Waals surface area contributed by atoms with Gasteiger partial charge in [0, 0.05) is 16.2 Å². The minimum Gasteiger partial charge on any atom is -0.457 e. The van der Waals surface area contributed by atoms with E-state index in [0.29, 0.717) is 11.4 Å². The largest absolute Gasteiger partial charge is 0.457 e. The molecular weight excluding hydrogens is 428 g/mol. The number of rotatable bonds is 7. The highest BCUT2D eigenvalue weighted by Gasteiger charge is 2.11. The van der Waals surface area contributed by atoms with E-state index in [2.05, 4.69) is 31.4 Å². The molecule has 0 atom stereocenters. The van der Waals surface area contributed by atoms with E-state index in [9.17, 15) is 4.79 Å². The Hall–Kier alpha value is -2.32. The third kappa shape index (κ3) is 5.58. The number of carbonyl (C=O) groups is 1. The number of nitrogens with zero attached hydrogens (tertiary/aromatic N) is 3. The van der Waals surface area contributed by atoms with E-state index in [1.54, 1.807) is 6.33 Å². The lowest BCUT2D eigenvalue weighted by atomic mass is 10.3. The summed E-state index contributed by atoms with van der Waals surface area (Å²) < 4.78 is 8.70. The molecule has 1 aromatic heterocycles. The van der Waals surface area contributed by atoms with Crippen LogP contribution < -0.4 is 10.1 Å². The average molecular weight is 447 g/mol. The molecule has 0 aliphatic carbocycles. The highest BCUT2D eigenvalue weighted by atomic mass is 79.9. The van der Waals surface area contributed by atoms with Gasteiger partial charge < -0.3 is 14.6 Å². The average Bonchev–Trinajstić information content (AvgIpc) is 3.12. The van der Waals surface area contributed by atoms with Gasteiger partial charge in [0.25, 0.3) is 0 Å². The third-order valence-corrected chi connectivity index (χ3v) is 5.10. The van der Waals surface area contributed by atoms with Crippen LogP contribution >= 0.6 is 27.7 Å². The molecular formula is C19H19BrN4O2S. The van der Waals surface area contributed by atoms with Gasteiger partial charge in [-0.2, -0.15) is 0 Å². The number of benzene rings is 2. The van der Waals surface area contributed by atoms with Gasteiger partial charge in [-0.3, -0.25) is 4.79 Å². The lowest BCUT2D eigenvalue weighted by molar-refractivity contribution is -0.113. The van der Waals surface area contributed by atoms with Crippen LogP contribution in [0.4, 0.5) is 5.69 Å². The van der Waals surface area contributed by atoms with Gasteiger partial charge in [-0.05, 0) is 62.4 Å². The summed E-state index contributed by atoms with van der Waals surface area (Å²) in [4.78, 5) is 12.2. The monoisotopic (exact) mass is 446 g/mol. The molecule has 0 unspecified atom stereocenters. The number of anilines is 1. The van der Waals surface area contributed by atoms with Gasteiger partial charge in [0.2, 0.25) is 5.91 Å². The van der Waals surface area contributed by atoms with Crippen LogP contribution in [-0.4, -0.2) is 26.4 Å². The molecule has 0 spiro atoms. The minimum atomic E-state index is -0.0973. The first-order chi connectivity index (χ1) is 13.0. The number of amides is 1. The quantitative estimate of drug-likeness (QED) is 0.508. The van der Waals surface area contributed by atoms with Crippen molar-refractivity contribution in [3.05, 3.63) is 59.3 Å². The summed E-state index contributed by atoms with van der Waals surface area (Å²) in [6, 6.07) is 15.1. The smallest absolute Gasteiger partial charge is 0.234 e. The van der Waals surface area contributed by atoms with Crippen molar-refractivity contribution >= 4 is 39.3 Å². The zero-order valence-electron chi connectivity index (χ0n) is 14.9. The van der Waals surface area contributed by atoms with Gasteiger partial charge in [0.1, 0.15) is 17.8 Å². The fraction of sp³-hybridized carbons (Fsp3) is 0.211. The van der Waals surface area contributed by atoms with E-state index in [4.69, 9.17) is 4.74 Å². The SMILES string of the molecule is CC(C)n1cnnc1SCC(=O)Nc1ccc(Oc2ccc(Br)cc2)cc1. The van der Waals surface area contributed by atoms with Crippen molar-refractivity contribution < 1.29 is 9.53 Å². The molecule has 0 bridgehead atoms. The van der Waals surface area contributed by atoms with Crippen LogP contribution in [0.15, 0.2) is 64.5 Å². The van der Waals surface area contributed by atoms with Crippen molar-refractivity contribution in [1.29, 1.82) is 0 Å². The molecule has 6 nitrogen and oxygen atoms in total. The van der Waals surface area contributed by atoms with Crippen LogP contribution in [0.5, 0.6) is 11.5 Å². The standard InChI is InChI=1S/C19H19BrN4O2S/c1-13(2)24-12-21-23-19(24)27-11-18(25)22-15-5-9-17(10-6-15)26-16-7-3-14(20)4-8-16/h3-10,12-13H,11H2,1-2H3,(H,22,25). The van der Waals surface area contributed by atoms with Crippen LogP contribution in [-0.2, 0) is 4.79 Å². The third-order valence-electron chi connectivity index (χ3n) is 3.62. The number of aromatic nitrogens is 3. The maximum absolute atomic E-state index is 12.2. The maximum Gasteiger partial charge on any atom is 0.234 e. The maximum atomic E-state index is 12.2. The minimum absolute atomic E-state index is 0.0973. The number of carbonyl (C=O) groups excluding carboxylic acids is 1. The van der Waals surface area contributed by atoms with Crippen molar-refractivity contribution in [3.8, 4) is 11.5 Å². The summed E-state index contributed by atoms with van der Waals surface area (Å²) in [5.74, 6) is 1.62. The Bertz CT molecular complexity index is 895. The van der Waals surface area contributed by atoms with Crippen LogP contribution in [0.25, 0.3) is 0 Å². The molecule has 27 heavy (non-hydrogen) atoms. The lowest BCUT2D eigenvalue weighted by Gasteiger charge is -2.10. The molecule has 8 heteroatoms. The lowest BCUT2D eigenvalue weighted by Crippen LogP contribution is -2.14. The summed E-state index contributed by atoms with van der Waals surface area (Å²) in [5, 5.41) is 11.6. The Balaban J connectivity index is 1.52. The van der Waals surface area contributed by atoms with Gasteiger partial charge in [0.15, 0.2) is 5.16 Å². The van der Waals surface area contributed by atoms with E-state index >= 15 is 0 Å². The molecule has 1 amide bonds. The predicted molar refractivity (Wildman–Crippen MR) is 110 cm³/mol.